The summed E-state index contributed by atoms with van der Waals surface area (Å²) >= 11 is 0. The van der Waals surface area contributed by atoms with Crippen molar-refractivity contribution >= 4 is 0 Å². The Bertz CT molecular complexity index is 359. The number of hydrogen-bond acceptors (Lipinski definition) is 2. The van der Waals surface area contributed by atoms with Crippen LogP contribution in [-0.2, 0) is 0 Å². The van der Waals surface area contributed by atoms with Gasteiger partial charge in [-0.05, 0) is 24.1 Å². The highest BCUT2D eigenvalue weighted by Crippen LogP contribution is 2.23. The van der Waals surface area contributed by atoms with Crippen molar-refractivity contribution in [2.24, 2.45) is 5.84 Å². The van der Waals surface area contributed by atoms with Gasteiger partial charge in [-0.15, -0.1) is 0 Å². The van der Waals surface area contributed by atoms with Gasteiger partial charge in [-0.3, -0.25) is 11.3 Å². The largest absolute Gasteiger partial charge is 0.271 e. The number of hydrazine groups is 1. The highest BCUT2D eigenvalue weighted by molar-refractivity contribution is 5.22. The second-order valence-electron chi connectivity index (χ2n) is 4.37. The van der Waals surface area contributed by atoms with Crippen molar-refractivity contribution in [3.63, 3.8) is 0 Å². The van der Waals surface area contributed by atoms with Crippen LogP contribution in [0.1, 0.15) is 50.6 Å². The number of halogens is 3. The quantitative estimate of drug-likeness (QED) is 0.340. The summed E-state index contributed by atoms with van der Waals surface area (Å²) in [4.78, 5) is 0. The lowest BCUT2D eigenvalue weighted by Crippen LogP contribution is -2.28. The van der Waals surface area contributed by atoms with E-state index in [9.17, 15) is 13.2 Å². The van der Waals surface area contributed by atoms with Crippen LogP contribution in [0, 0.1) is 17.5 Å². The van der Waals surface area contributed by atoms with Crippen molar-refractivity contribution in [1.29, 1.82) is 0 Å². The first-order chi connectivity index (χ1) is 8.60. The van der Waals surface area contributed by atoms with Crippen LogP contribution in [0.25, 0.3) is 0 Å². The third kappa shape index (κ3) is 3.99. The summed E-state index contributed by atoms with van der Waals surface area (Å²) in [5.74, 6) is 1.56. The maximum absolute atomic E-state index is 13.1. The van der Waals surface area contributed by atoms with Gasteiger partial charge in [0.15, 0.2) is 17.5 Å². The van der Waals surface area contributed by atoms with Crippen LogP contribution in [-0.4, -0.2) is 0 Å². The summed E-state index contributed by atoms with van der Waals surface area (Å²) in [6.07, 6.45) is 4.84. The molecule has 0 amide bonds. The first kappa shape index (κ1) is 15.0. The highest BCUT2D eigenvalue weighted by atomic mass is 19.2. The Morgan fingerprint density at radius 1 is 1.11 bits per heavy atom. The first-order valence-corrected chi connectivity index (χ1v) is 6.20. The lowest BCUT2D eigenvalue weighted by Gasteiger charge is -2.16. The van der Waals surface area contributed by atoms with Crippen LogP contribution in [0.3, 0.4) is 0 Å². The molecule has 102 valence electrons. The van der Waals surface area contributed by atoms with Crippen LogP contribution in [0.2, 0.25) is 0 Å². The van der Waals surface area contributed by atoms with Gasteiger partial charge in [0.25, 0.3) is 0 Å². The molecule has 18 heavy (non-hydrogen) atoms. The Morgan fingerprint density at radius 2 is 1.72 bits per heavy atom. The number of unbranched alkanes of at least 4 members (excludes halogenated alkanes) is 3. The maximum atomic E-state index is 13.1. The van der Waals surface area contributed by atoms with E-state index in [-0.39, 0.29) is 6.04 Å². The van der Waals surface area contributed by atoms with Crippen LogP contribution >= 0.6 is 0 Å². The lowest BCUT2D eigenvalue weighted by atomic mass is 10.00. The average molecular weight is 260 g/mol. The average Bonchev–Trinajstić information content (AvgIpc) is 2.35. The fourth-order valence-electron chi connectivity index (χ4n) is 1.90. The smallest absolute Gasteiger partial charge is 0.194 e. The topological polar surface area (TPSA) is 38.0 Å². The molecule has 1 atom stereocenters. The SMILES string of the molecule is CCCCCCC(NN)c1cc(F)c(F)c(F)c1. The number of nitrogens with two attached hydrogens (primary N) is 1. The second-order valence-corrected chi connectivity index (χ2v) is 4.37. The van der Waals surface area contributed by atoms with Gasteiger partial charge in [0.2, 0.25) is 0 Å². The van der Waals surface area contributed by atoms with Crippen molar-refractivity contribution in [1.82, 2.24) is 5.43 Å². The molecular weight excluding hydrogens is 241 g/mol. The van der Waals surface area contributed by atoms with E-state index in [0.29, 0.717) is 12.0 Å². The van der Waals surface area contributed by atoms with E-state index in [1.165, 1.54) is 0 Å². The van der Waals surface area contributed by atoms with Crippen molar-refractivity contribution in [3.05, 3.63) is 35.1 Å². The molecule has 0 radical (unpaired) electrons. The molecule has 0 aromatic heterocycles. The number of rotatable bonds is 7. The Kier molecular flexibility index (Phi) is 6.15. The third-order valence-electron chi connectivity index (χ3n) is 2.96. The molecule has 5 heteroatoms. The summed E-state index contributed by atoms with van der Waals surface area (Å²) in [5, 5.41) is 0. The zero-order valence-electron chi connectivity index (χ0n) is 10.5. The van der Waals surface area contributed by atoms with E-state index in [2.05, 4.69) is 12.3 Å². The van der Waals surface area contributed by atoms with Gasteiger partial charge in [0, 0.05) is 6.04 Å². The Hall–Kier alpha value is -1.07. The highest BCUT2D eigenvalue weighted by Gasteiger charge is 2.16. The molecular formula is C13H19F3N2. The zero-order chi connectivity index (χ0) is 13.5. The van der Waals surface area contributed by atoms with Gasteiger partial charge in [-0.25, -0.2) is 13.2 Å². The fourth-order valence-corrected chi connectivity index (χ4v) is 1.90. The van der Waals surface area contributed by atoms with Crippen molar-refractivity contribution < 1.29 is 13.2 Å². The van der Waals surface area contributed by atoms with E-state index in [0.717, 1.165) is 37.8 Å². The summed E-state index contributed by atoms with van der Waals surface area (Å²) in [6.45, 7) is 2.10. The normalized spacial score (nSPS) is 12.7. The molecule has 1 aromatic rings. The van der Waals surface area contributed by atoms with Crippen molar-refractivity contribution in [3.8, 4) is 0 Å². The number of benzene rings is 1. The molecule has 0 bridgehead atoms. The predicted molar refractivity (Wildman–Crippen MR) is 65.1 cm³/mol. The van der Waals surface area contributed by atoms with Gasteiger partial charge >= 0.3 is 0 Å². The molecule has 1 unspecified atom stereocenters. The van der Waals surface area contributed by atoms with Gasteiger partial charge in [-0.2, -0.15) is 0 Å². The molecule has 0 fully saturated rings. The van der Waals surface area contributed by atoms with Crippen molar-refractivity contribution in [2.75, 3.05) is 0 Å². The molecule has 1 rings (SSSR count). The third-order valence-corrected chi connectivity index (χ3v) is 2.96. The zero-order valence-corrected chi connectivity index (χ0v) is 10.5. The van der Waals surface area contributed by atoms with Crippen LogP contribution in [0.5, 0.6) is 0 Å². The summed E-state index contributed by atoms with van der Waals surface area (Å²) in [5.41, 5.74) is 2.85. The maximum Gasteiger partial charge on any atom is 0.194 e. The standard InChI is InChI=1S/C13H19F3N2/c1-2-3-4-5-6-12(18-17)9-7-10(14)13(16)11(15)8-9/h7-8,12,18H,2-6,17H2,1H3. The Morgan fingerprint density at radius 3 is 2.22 bits per heavy atom. The lowest BCUT2D eigenvalue weighted by molar-refractivity contribution is 0.433. The van der Waals surface area contributed by atoms with Crippen molar-refractivity contribution in [2.45, 2.75) is 45.1 Å². The summed E-state index contributed by atoms with van der Waals surface area (Å²) < 4.78 is 39.0. The molecule has 0 saturated heterocycles. The molecule has 2 nitrogen and oxygen atoms in total. The summed E-state index contributed by atoms with van der Waals surface area (Å²) in [6, 6.07) is 1.62. The van der Waals surface area contributed by atoms with E-state index in [4.69, 9.17) is 5.84 Å². The van der Waals surface area contributed by atoms with Gasteiger partial charge < -0.3 is 0 Å². The molecule has 0 spiro atoms. The molecule has 0 saturated carbocycles. The van der Waals surface area contributed by atoms with Crippen LogP contribution in [0.15, 0.2) is 12.1 Å². The minimum absolute atomic E-state index is 0.338. The molecule has 1 aromatic carbocycles. The molecule has 0 aliphatic rings. The first-order valence-electron chi connectivity index (χ1n) is 6.20. The monoisotopic (exact) mass is 260 g/mol. The minimum atomic E-state index is -1.44. The second kappa shape index (κ2) is 7.38. The van der Waals surface area contributed by atoms with E-state index in [1.807, 2.05) is 0 Å². The Labute approximate surface area is 105 Å². The predicted octanol–water partition coefficient (Wildman–Crippen LogP) is 3.58. The van der Waals surface area contributed by atoms with Gasteiger partial charge in [0.1, 0.15) is 0 Å². The molecule has 0 aliphatic carbocycles. The van der Waals surface area contributed by atoms with Crippen LogP contribution < -0.4 is 11.3 Å². The minimum Gasteiger partial charge on any atom is -0.271 e. The molecule has 3 N–H and O–H groups in total. The van der Waals surface area contributed by atoms with E-state index < -0.39 is 17.5 Å². The molecule has 0 heterocycles. The number of hydrogen-bond donors (Lipinski definition) is 2. The van der Waals surface area contributed by atoms with Gasteiger partial charge in [0.05, 0.1) is 0 Å². The van der Waals surface area contributed by atoms with Crippen LogP contribution in [0.4, 0.5) is 13.2 Å². The van der Waals surface area contributed by atoms with E-state index >= 15 is 0 Å². The summed E-state index contributed by atoms with van der Waals surface area (Å²) in [7, 11) is 0. The number of nitrogens with one attached hydrogen (secondary N) is 1. The van der Waals surface area contributed by atoms with Gasteiger partial charge in [-0.1, -0.05) is 32.6 Å². The Balaban J connectivity index is 2.70. The van der Waals surface area contributed by atoms with E-state index in [1.54, 1.807) is 0 Å². The fraction of sp³-hybridized carbons (Fsp3) is 0.538. The molecule has 0 aliphatic heterocycles.